The number of imidazole rings is 1. The minimum absolute atomic E-state index is 0.0985. The Morgan fingerprint density at radius 3 is 2.40 bits per heavy atom. The van der Waals surface area contributed by atoms with E-state index in [1.807, 2.05) is 55.5 Å². The topological polar surface area (TPSA) is 120 Å². The Balaban J connectivity index is 1.74. The molecule has 43 heavy (non-hydrogen) atoms. The van der Waals surface area contributed by atoms with E-state index in [4.69, 9.17) is 10.7 Å². The van der Waals surface area contributed by atoms with Crippen molar-refractivity contribution in [3.63, 3.8) is 0 Å². The van der Waals surface area contributed by atoms with Crippen LogP contribution in [0, 0.1) is 0 Å². The maximum atomic E-state index is 13.7. The summed E-state index contributed by atoms with van der Waals surface area (Å²) in [5.41, 5.74) is 7.18. The third-order valence-corrected chi connectivity index (χ3v) is 7.43. The lowest BCUT2D eigenvalue weighted by molar-refractivity contribution is -0.137. The number of nitrogen functional groups attached to an aromatic ring is 1. The van der Waals surface area contributed by atoms with Gasteiger partial charge in [0.2, 0.25) is 0 Å². The predicted octanol–water partition coefficient (Wildman–Crippen LogP) is 3.87. The molecule has 2 heterocycles. The van der Waals surface area contributed by atoms with E-state index in [-0.39, 0.29) is 24.3 Å². The molecule has 4 aromatic rings. The van der Waals surface area contributed by atoms with Crippen molar-refractivity contribution >= 4 is 16.9 Å². The second-order valence-corrected chi connectivity index (χ2v) is 10.7. The normalized spacial score (nSPS) is 12.7. The molecule has 4 N–H and O–H groups in total. The Hall–Kier alpha value is -3.90. The number of hydrogen-bond donors (Lipinski definition) is 3. The summed E-state index contributed by atoms with van der Waals surface area (Å²) < 4.78 is 43.3. The van der Waals surface area contributed by atoms with Gasteiger partial charge < -0.3 is 20.7 Å². The highest BCUT2D eigenvalue weighted by atomic mass is 19.4. The van der Waals surface area contributed by atoms with Gasteiger partial charge in [-0.25, -0.2) is 9.78 Å². The third kappa shape index (κ3) is 8.57. The highest BCUT2D eigenvalue weighted by molar-refractivity contribution is 5.71. The zero-order chi connectivity index (χ0) is 31.0. The van der Waals surface area contributed by atoms with E-state index in [9.17, 15) is 27.9 Å². The zero-order valence-electron chi connectivity index (χ0n) is 24.3. The lowest BCUT2D eigenvalue weighted by Gasteiger charge is -2.15. The van der Waals surface area contributed by atoms with Gasteiger partial charge in [-0.05, 0) is 48.9 Å². The molecule has 0 radical (unpaired) electrons. The first-order valence-electron chi connectivity index (χ1n) is 14.6. The van der Waals surface area contributed by atoms with Gasteiger partial charge in [-0.3, -0.25) is 13.9 Å². The Morgan fingerprint density at radius 2 is 1.70 bits per heavy atom. The molecule has 0 aliphatic heterocycles. The predicted molar refractivity (Wildman–Crippen MR) is 161 cm³/mol. The molecule has 0 aliphatic rings. The number of aliphatic hydroxyl groups excluding tert-OH is 1. The van der Waals surface area contributed by atoms with Crippen molar-refractivity contribution in [1.82, 2.24) is 24.0 Å². The quantitative estimate of drug-likeness (QED) is 0.141. The largest absolute Gasteiger partial charge is 0.399 e. The van der Waals surface area contributed by atoms with Crippen molar-refractivity contribution in [1.29, 1.82) is 0 Å². The molecule has 0 saturated carbocycles. The van der Waals surface area contributed by atoms with E-state index in [2.05, 4.69) is 5.32 Å². The molecule has 2 aromatic carbocycles. The number of halogens is 3. The average molecular weight is 601 g/mol. The van der Waals surface area contributed by atoms with Crippen LogP contribution in [0.1, 0.15) is 49.6 Å². The molecule has 1 unspecified atom stereocenters. The molecule has 2 aromatic heterocycles. The number of anilines is 1. The molecule has 0 fully saturated rings. The van der Waals surface area contributed by atoms with Crippen molar-refractivity contribution in [2.45, 2.75) is 77.4 Å². The van der Waals surface area contributed by atoms with Crippen LogP contribution >= 0.6 is 0 Å². The molecule has 0 amide bonds. The van der Waals surface area contributed by atoms with Crippen LogP contribution in [-0.4, -0.2) is 49.2 Å². The van der Waals surface area contributed by atoms with Crippen LogP contribution < -0.4 is 22.3 Å². The fourth-order valence-electron chi connectivity index (χ4n) is 5.08. The maximum absolute atomic E-state index is 13.7. The molecule has 1 atom stereocenters. The van der Waals surface area contributed by atoms with Crippen molar-refractivity contribution in [2.24, 2.45) is 0 Å². The lowest BCUT2D eigenvalue weighted by atomic mass is 10.1. The Labute approximate surface area is 247 Å². The first-order chi connectivity index (χ1) is 20.6. The number of benzene rings is 2. The van der Waals surface area contributed by atoms with Gasteiger partial charge in [0.1, 0.15) is 5.82 Å². The summed E-state index contributed by atoms with van der Waals surface area (Å²) in [5.74, 6) is 0.526. The minimum Gasteiger partial charge on any atom is -0.399 e. The molecule has 0 spiro atoms. The molecule has 0 bridgehead atoms. The van der Waals surface area contributed by atoms with Crippen molar-refractivity contribution in [3.8, 4) is 0 Å². The summed E-state index contributed by atoms with van der Waals surface area (Å²) >= 11 is 0. The summed E-state index contributed by atoms with van der Waals surface area (Å²) in [6, 6.07) is 17.0. The van der Waals surface area contributed by atoms with E-state index in [0.717, 1.165) is 11.1 Å². The Bertz CT molecular complexity index is 1610. The Kier molecular flexibility index (Phi) is 10.8. The Morgan fingerprint density at radius 1 is 0.953 bits per heavy atom. The van der Waals surface area contributed by atoms with Gasteiger partial charge in [-0.2, -0.15) is 13.2 Å². The van der Waals surface area contributed by atoms with Crippen LogP contribution in [0.15, 0.2) is 64.2 Å². The summed E-state index contributed by atoms with van der Waals surface area (Å²) in [6.45, 7) is 2.28. The average Bonchev–Trinajstić information content (AvgIpc) is 3.32. The van der Waals surface area contributed by atoms with Gasteiger partial charge in [0.05, 0.1) is 12.5 Å². The smallest absolute Gasteiger partial charge is 0.390 e. The van der Waals surface area contributed by atoms with Gasteiger partial charge in [0.25, 0.3) is 5.56 Å². The number of rotatable bonds is 15. The van der Waals surface area contributed by atoms with E-state index in [0.29, 0.717) is 61.3 Å². The van der Waals surface area contributed by atoms with Crippen LogP contribution in [0.4, 0.5) is 18.9 Å². The van der Waals surface area contributed by atoms with Gasteiger partial charge in [-0.1, -0.05) is 49.4 Å². The number of aliphatic hydroxyl groups is 1. The van der Waals surface area contributed by atoms with E-state index in [1.54, 1.807) is 10.6 Å². The summed E-state index contributed by atoms with van der Waals surface area (Å²) in [7, 11) is 0. The number of nitrogens with two attached hydrogens (primary N) is 1. The van der Waals surface area contributed by atoms with E-state index >= 15 is 0 Å². The van der Waals surface area contributed by atoms with Crippen LogP contribution in [0.3, 0.4) is 0 Å². The number of aromatic nitrogens is 4. The summed E-state index contributed by atoms with van der Waals surface area (Å²) in [6.07, 6.45) is -3.48. The molecular formula is C31H39F3N6O3. The van der Waals surface area contributed by atoms with Gasteiger partial charge in [-0.15, -0.1) is 0 Å². The second-order valence-electron chi connectivity index (χ2n) is 10.7. The van der Waals surface area contributed by atoms with Crippen LogP contribution in [0.25, 0.3) is 11.2 Å². The molecule has 232 valence electrons. The minimum atomic E-state index is -4.54. The van der Waals surface area contributed by atoms with E-state index in [1.165, 1.54) is 4.57 Å². The van der Waals surface area contributed by atoms with Crippen molar-refractivity contribution < 1.29 is 18.3 Å². The van der Waals surface area contributed by atoms with E-state index < -0.39 is 36.5 Å². The van der Waals surface area contributed by atoms with Crippen molar-refractivity contribution in [3.05, 3.63) is 92.4 Å². The molecule has 9 nitrogen and oxygen atoms in total. The first kappa shape index (κ1) is 32.0. The monoisotopic (exact) mass is 600 g/mol. The molecular weight excluding hydrogens is 561 g/mol. The van der Waals surface area contributed by atoms with Gasteiger partial charge >= 0.3 is 11.9 Å². The second kappa shape index (κ2) is 14.5. The SMILES string of the molecule is CCC(O)CNCCn1c(Cc2ccccc2)nc2c1c(=O)n(CCC(F)(F)F)c(=O)n2CCCCc1cccc(N)c1. The fourth-order valence-corrected chi connectivity index (χ4v) is 5.08. The van der Waals surface area contributed by atoms with Crippen LogP contribution in [0.5, 0.6) is 0 Å². The molecule has 4 rings (SSSR count). The van der Waals surface area contributed by atoms with Crippen molar-refractivity contribution in [2.75, 3.05) is 18.8 Å². The number of nitrogens with zero attached hydrogens (tertiary/aromatic N) is 4. The first-order valence-corrected chi connectivity index (χ1v) is 14.6. The van der Waals surface area contributed by atoms with Crippen LogP contribution in [-0.2, 0) is 32.5 Å². The zero-order valence-corrected chi connectivity index (χ0v) is 24.3. The number of alkyl halides is 3. The number of aryl methyl sites for hydroxylation is 2. The summed E-state index contributed by atoms with van der Waals surface area (Å²) in [4.78, 5) is 32.0. The highest BCUT2D eigenvalue weighted by Gasteiger charge is 2.29. The maximum Gasteiger partial charge on any atom is 0.390 e. The molecule has 0 aliphatic carbocycles. The molecule has 0 saturated heterocycles. The highest BCUT2D eigenvalue weighted by Crippen LogP contribution is 2.21. The number of unbranched alkanes of at least 4 members (excludes halogenated alkanes) is 1. The number of hydrogen-bond acceptors (Lipinski definition) is 6. The molecule has 12 heteroatoms. The number of fused-ring (bicyclic) bond motifs is 1. The fraction of sp³-hybridized carbons (Fsp3) is 0.452. The summed E-state index contributed by atoms with van der Waals surface area (Å²) in [5, 5.41) is 13.1. The van der Waals surface area contributed by atoms with Gasteiger partial charge in [0, 0.05) is 44.8 Å². The lowest BCUT2D eigenvalue weighted by Crippen LogP contribution is -2.41. The number of nitrogens with one attached hydrogen (secondary N) is 1. The van der Waals surface area contributed by atoms with Crippen LogP contribution in [0.2, 0.25) is 0 Å². The standard InChI is InChI=1S/C31H39F3N6O3/c1-2-25(41)21-36-15-18-38-26(20-23-9-4-3-5-10-23)37-28-27(38)29(42)40(17-14-31(32,33)34)30(43)39(28)16-7-6-11-22-12-8-13-24(35)19-22/h3-5,8-10,12-13,19,25,36,41H,2,6-7,11,14-18,20-21,35H2,1H3. The van der Waals surface area contributed by atoms with Gasteiger partial charge in [0.15, 0.2) is 11.2 Å². The third-order valence-electron chi connectivity index (χ3n) is 7.43.